The number of carbonyl (C=O) groups excluding carboxylic acids is 2. The van der Waals surface area contributed by atoms with Crippen molar-refractivity contribution in [1.82, 2.24) is 0 Å². The molecule has 0 amide bonds. The van der Waals surface area contributed by atoms with Gasteiger partial charge in [0, 0.05) is 18.8 Å². The van der Waals surface area contributed by atoms with E-state index in [2.05, 4.69) is 0 Å². The first-order valence-corrected chi connectivity index (χ1v) is 13.3. The van der Waals surface area contributed by atoms with Gasteiger partial charge in [0.25, 0.3) is 0 Å². The Morgan fingerprint density at radius 3 is 1.91 bits per heavy atom. The molecular weight excluding hydrogens is 442 g/mol. The van der Waals surface area contributed by atoms with Crippen molar-refractivity contribution in [3.63, 3.8) is 0 Å². The average molecular weight is 481 g/mol. The molecule has 8 saturated carbocycles. The molecule has 0 aliphatic heterocycles. The molecule has 8 aliphatic rings. The average Bonchev–Trinajstić information content (AvgIpc) is 2.73. The van der Waals surface area contributed by atoms with Gasteiger partial charge in [0.2, 0.25) is 0 Å². The third kappa shape index (κ3) is 3.70. The molecule has 5 nitrogen and oxygen atoms in total. The molecule has 2 unspecified atom stereocenters. The second kappa shape index (κ2) is 7.63. The van der Waals surface area contributed by atoms with Crippen molar-refractivity contribution in [2.45, 2.75) is 96.0 Å². The Morgan fingerprint density at radius 1 is 0.853 bits per heavy atom. The van der Waals surface area contributed by atoms with E-state index in [4.69, 9.17) is 14.2 Å². The fourth-order valence-electron chi connectivity index (χ4n) is 9.87. The summed E-state index contributed by atoms with van der Waals surface area (Å²) in [5.74, 6) is -2.43. The Kier molecular flexibility index (Phi) is 5.20. The summed E-state index contributed by atoms with van der Waals surface area (Å²) in [5, 5.41) is 0. The number of alkyl halides is 2. The topological polar surface area (TPSA) is 61.8 Å². The molecule has 0 aromatic carbocycles. The van der Waals surface area contributed by atoms with Crippen molar-refractivity contribution in [3.05, 3.63) is 0 Å². The van der Waals surface area contributed by atoms with Crippen LogP contribution in [0.4, 0.5) is 8.78 Å². The van der Waals surface area contributed by atoms with E-state index >= 15 is 0 Å². The molecule has 0 aromatic rings. The molecule has 0 N–H and O–H groups in total. The van der Waals surface area contributed by atoms with E-state index in [0.29, 0.717) is 32.3 Å². The number of carbonyl (C=O) groups is 2. The summed E-state index contributed by atoms with van der Waals surface area (Å²) < 4.78 is 44.3. The van der Waals surface area contributed by atoms with Crippen molar-refractivity contribution in [2.75, 3.05) is 13.4 Å². The van der Waals surface area contributed by atoms with E-state index in [1.165, 1.54) is 38.5 Å². The van der Waals surface area contributed by atoms with Crippen LogP contribution in [-0.2, 0) is 23.8 Å². The predicted octanol–water partition coefficient (Wildman–Crippen LogP) is 5.50. The maximum Gasteiger partial charge on any atom is 0.377 e. The Bertz CT molecular complexity index is 812. The third-order valence-corrected chi connectivity index (χ3v) is 10.8. The monoisotopic (exact) mass is 480 g/mol. The lowest BCUT2D eigenvalue weighted by molar-refractivity contribution is -0.238. The molecule has 8 rings (SSSR count). The number of hydrogen-bond acceptors (Lipinski definition) is 5. The molecule has 0 aromatic heterocycles. The summed E-state index contributed by atoms with van der Waals surface area (Å²) in [6, 6.07) is 0. The Hall–Kier alpha value is -1.24. The molecule has 0 spiro atoms. The summed E-state index contributed by atoms with van der Waals surface area (Å²) in [7, 11) is 0. The summed E-state index contributed by atoms with van der Waals surface area (Å²) in [6.45, 7) is 3.05. The second-order valence-electron chi connectivity index (χ2n) is 13.4. The van der Waals surface area contributed by atoms with Crippen molar-refractivity contribution in [3.8, 4) is 0 Å². The molecule has 2 atom stereocenters. The van der Waals surface area contributed by atoms with E-state index in [1.54, 1.807) is 6.92 Å². The number of hydrogen-bond donors (Lipinski definition) is 0. The lowest BCUT2D eigenvalue weighted by atomic mass is 9.45. The van der Waals surface area contributed by atoms with Crippen LogP contribution < -0.4 is 0 Å². The van der Waals surface area contributed by atoms with Gasteiger partial charge in [-0.3, -0.25) is 4.79 Å². The Balaban J connectivity index is 1.06. The fourth-order valence-corrected chi connectivity index (χ4v) is 9.87. The van der Waals surface area contributed by atoms with E-state index in [-0.39, 0.29) is 30.0 Å². The number of halogens is 2. The lowest BCUT2D eigenvalue weighted by Crippen LogP contribution is -2.63. The highest BCUT2D eigenvalue weighted by atomic mass is 19.3. The molecule has 8 aliphatic carbocycles. The SMILES string of the molecule is CC(F)(F)C(=O)OC1(C)C2CC3CC1CC(C(=O)OCOCC14CC5CC(CC(C5)C1)C4)(C3)C2. The van der Waals surface area contributed by atoms with Gasteiger partial charge in [-0.05, 0) is 107 Å². The molecule has 0 saturated heterocycles. The minimum absolute atomic E-state index is 0.00333. The minimum Gasteiger partial charge on any atom is -0.454 e. The first-order valence-electron chi connectivity index (χ1n) is 13.3. The molecular formula is C27H38F2O5. The highest BCUT2D eigenvalue weighted by Gasteiger charge is 2.65. The van der Waals surface area contributed by atoms with Crippen LogP contribution in [0, 0.1) is 46.3 Å². The summed E-state index contributed by atoms with van der Waals surface area (Å²) >= 11 is 0. The van der Waals surface area contributed by atoms with Crippen molar-refractivity contribution in [1.29, 1.82) is 0 Å². The third-order valence-electron chi connectivity index (χ3n) is 10.8. The fraction of sp³-hybridized carbons (Fsp3) is 0.926. The summed E-state index contributed by atoms with van der Waals surface area (Å²) in [5.41, 5.74) is -1.25. The molecule has 8 bridgehead atoms. The minimum atomic E-state index is -3.51. The smallest absolute Gasteiger partial charge is 0.377 e. The highest BCUT2D eigenvalue weighted by molar-refractivity contribution is 5.79. The zero-order chi connectivity index (χ0) is 23.9. The van der Waals surface area contributed by atoms with Crippen LogP contribution in [0.2, 0.25) is 0 Å². The van der Waals surface area contributed by atoms with Crippen LogP contribution >= 0.6 is 0 Å². The predicted molar refractivity (Wildman–Crippen MR) is 119 cm³/mol. The lowest BCUT2D eigenvalue weighted by Gasteiger charge is -2.62. The van der Waals surface area contributed by atoms with Crippen LogP contribution in [0.5, 0.6) is 0 Å². The van der Waals surface area contributed by atoms with Crippen LogP contribution in [0.3, 0.4) is 0 Å². The number of ether oxygens (including phenoxy) is 3. The first kappa shape index (κ1) is 23.2. The van der Waals surface area contributed by atoms with Gasteiger partial charge in [-0.15, -0.1) is 0 Å². The molecule has 7 heteroatoms. The van der Waals surface area contributed by atoms with Gasteiger partial charge in [0.05, 0.1) is 12.0 Å². The molecule has 0 radical (unpaired) electrons. The zero-order valence-electron chi connectivity index (χ0n) is 20.5. The Morgan fingerprint density at radius 2 is 1.38 bits per heavy atom. The molecule has 190 valence electrons. The van der Waals surface area contributed by atoms with E-state index in [9.17, 15) is 18.4 Å². The second-order valence-corrected chi connectivity index (χ2v) is 13.4. The van der Waals surface area contributed by atoms with E-state index < -0.39 is 22.9 Å². The van der Waals surface area contributed by atoms with Crippen molar-refractivity contribution >= 4 is 11.9 Å². The maximum atomic E-state index is 13.6. The van der Waals surface area contributed by atoms with Crippen LogP contribution in [0.1, 0.15) is 84.5 Å². The standard InChI is InChI=1S/C27H38F2O5/c1-24(34-22(30)25(2,28)29)20-6-19-7-21(24)13-27(11-19,12-20)23(31)33-15-32-14-26-8-16-3-17(9-26)5-18(4-16)10-26/h16-21H,3-15H2,1-2H3. The van der Waals surface area contributed by atoms with Crippen LogP contribution in [0.25, 0.3) is 0 Å². The van der Waals surface area contributed by atoms with Gasteiger partial charge in [-0.25, -0.2) is 4.79 Å². The van der Waals surface area contributed by atoms with Gasteiger partial charge < -0.3 is 14.2 Å². The molecule has 0 heterocycles. The van der Waals surface area contributed by atoms with Crippen molar-refractivity contribution in [2.24, 2.45) is 46.3 Å². The normalized spacial score (nSPS) is 48.2. The quantitative estimate of drug-likeness (QED) is 0.273. The van der Waals surface area contributed by atoms with Crippen LogP contribution in [-0.4, -0.2) is 36.9 Å². The van der Waals surface area contributed by atoms with Crippen LogP contribution in [0.15, 0.2) is 0 Å². The van der Waals surface area contributed by atoms with E-state index in [1.807, 2.05) is 0 Å². The highest BCUT2D eigenvalue weighted by Crippen LogP contribution is 2.65. The number of rotatable bonds is 7. The summed E-state index contributed by atoms with van der Waals surface area (Å²) in [6.07, 6.45) is 11.4. The zero-order valence-corrected chi connectivity index (χ0v) is 20.5. The van der Waals surface area contributed by atoms with E-state index in [0.717, 1.165) is 37.0 Å². The van der Waals surface area contributed by atoms with Gasteiger partial charge in [0.15, 0.2) is 6.79 Å². The van der Waals surface area contributed by atoms with Gasteiger partial charge in [0.1, 0.15) is 5.60 Å². The summed E-state index contributed by atoms with van der Waals surface area (Å²) in [4.78, 5) is 25.3. The maximum absolute atomic E-state index is 13.6. The number of esters is 2. The Labute approximate surface area is 200 Å². The molecule has 8 fully saturated rings. The molecule has 34 heavy (non-hydrogen) atoms. The van der Waals surface area contributed by atoms with Gasteiger partial charge in [-0.2, -0.15) is 8.78 Å². The van der Waals surface area contributed by atoms with Gasteiger partial charge in [-0.1, -0.05) is 0 Å². The van der Waals surface area contributed by atoms with Gasteiger partial charge >= 0.3 is 17.9 Å². The largest absolute Gasteiger partial charge is 0.454 e. The first-order chi connectivity index (χ1) is 16.0. The van der Waals surface area contributed by atoms with Crippen molar-refractivity contribution < 1.29 is 32.6 Å².